The van der Waals surface area contributed by atoms with Gasteiger partial charge < -0.3 is 45.2 Å². The summed E-state index contributed by atoms with van der Waals surface area (Å²) in [5.41, 5.74) is -1.60. The summed E-state index contributed by atoms with van der Waals surface area (Å²) in [7, 11) is 0. The fourth-order valence-electron chi connectivity index (χ4n) is 3.03. The molecule has 0 saturated carbocycles. The molecule has 11 heteroatoms. The summed E-state index contributed by atoms with van der Waals surface area (Å²) >= 11 is 0. The fourth-order valence-corrected chi connectivity index (χ4v) is 3.03. The van der Waals surface area contributed by atoms with E-state index in [1.54, 1.807) is 0 Å². The normalized spacial score (nSPS) is 24.4. The Kier molecular flexibility index (Phi) is 5.48. The van der Waals surface area contributed by atoms with E-state index in [0.717, 1.165) is 12.1 Å². The van der Waals surface area contributed by atoms with E-state index in [1.165, 1.54) is 0 Å². The molecule has 29 heavy (non-hydrogen) atoms. The molecule has 2 aromatic rings. The van der Waals surface area contributed by atoms with Crippen molar-refractivity contribution in [3.05, 3.63) is 34.0 Å². The lowest BCUT2D eigenvalue weighted by molar-refractivity contribution is -0.240. The summed E-state index contributed by atoms with van der Waals surface area (Å²) in [5.74, 6) is -4.85. The van der Waals surface area contributed by atoms with Crippen LogP contribution in [0.25, 0.3) is 10.8 Å². The van der Waals surface area contributed by atoms with Crippen molar-refractivity contribution in [2.24, 2.45) is 0 Å². The van der Waals surface area contributed by atoms with Gasteiger partial charge in [0.15, 0.2) is 17.2 Å². The molecule has 156 valence electrons. The van der Waals surface area contributed by atoms with Crippen LogP contribution in [0.4, 0.5) is 0 Å². The molecule has 1 saturated heterocycles. The molecule has 1 aliphatic rings. The maximum atomic E-state index is 11.9. The van der Waals surface area contributed by atoms with Gasteiger partial charge in [0.1, 0.15) is 6.10 Å². The van der Waals surface area contributed by atoms with Gasteiger partial charge in [-0.05, 0) is 17.5 Å². The SMILES string of the molecule is O=C(O)c1cc(=O)c(O)c2c(O)c(O)c(O[C@@H]3O[C@H](CO)C[C@H](O)C3O)cc2c1. The van der Waals surface area contributed by atoms with Crippen LogP contribution in [0, 0.1) is 0 Å². The van der Waals surface area contributed by atoms with Gasteiger partial charge in [0.05, 0.1) is 29.8 Å². The van der Waals surface area contributed by atoms with Crippen LogP contribution in [0.5, 0.6) is 23.0 Å². The van der Waals surface area contributed by atoms with E-state index in [9.17, 15) is 45.3 Å². The number of carboxylic acids is 1. The number of aromatic hydroxyl groups is 3. The average Bonchev–Trinajstić information content (AvgIpc) is 2.79. The zero-order chi connectivity index (χ0) is 21.5. The minimum Gasteiger partial charge on any atom is -0.504 e. The third-order valence-electron chi connectivity index (χ3n) is 4.54. The van der Waals surface area contributed by atoms with Crippen LogP contribution in [-0.2, 0) is 4.74 Å². The Morgan fingerprint density at radius 1 is 1.10 bits per heavy atom. The predicted octanol–water partition coefficient (Wildman–Crippen LogP) is -0.777. The van der Waals surface area contributed by atoms with Gasteiger partial charge in [-0.3, -0.25) is 4.79 Å². The monoisotopic (exact) mass is 410 g/mol. The first-order chi connectivity index (χ1) is 13.6. The number of phenolic OH excluding ortho intramolecular Hbond substituents is 2. The highest BCUT2D eigenvalue weighted by molar-refractivity contribution is 6.00. The number of phenols is 2. The Morgan fingerprint density at radius 3 is 2.41 bits per heavy atom. The van der Waals surface area contributed by atoms with Crippen molar-refractivity contribution >= 4 is 16.7 Å². The van der Waals surface area contributed by atoms with E-state index >= 15 is 0 Å². The van der Waals surface area contributed by atoms with Crippen LogP contribution in [0.3, 0.4) is 0 Å². The first-order valence-electron chi connectivity index (χ1n) is 8.42. The van der Waals surface area contributed by atoms with Gasteiger partial charge in [-0.25, -0.2) is 4.79 Å². The highest BCUT2D eigenvalue weighted by atomic mass is 16.7. The molecule has 0 aliphatic carbocycles. The second-order valence-electron chi connectivity index (χ2n) is 6.52. The van der Waals surface area contributed by atoms with Gasteiger partial charge in [-0.1, -0.05) is 0 Å². The molecule has 0 spiro atoms. The molecule has 0 amide bonds. The van der Waals surface area contributed by atoms with E-state index in [0.29, 0.717) is 6.07 Å². The van der Waals surface area contributed by atoms with E-state index in [1.807, 2.05) is 0 Å². The lowest BCUT2D eigenvalue weighted by Crippen LogP contribution is -2.51. The van der Waals surface area contributed by atoms with Crippen LogP contribution in [-0.4, -0.2) is 72.9 Å². The highest BCUT2D eigenvalue weighted by Gasteiger charge is 2.38. The Hall–Kier alpha value is -3.12. The largest absolute Gasteiger partial charge is 0.504 e. The summed E-state index contributed by atoms with van der Waals surface area (Å²) in [4.78, 5) is 23.2. The molecular formula is C18H18O11. The molecule has 0 radical (unpaired) electrons. The molecule has 1 fully saturated rings. The Morgan fingerprint density at radius 2 is 1.79 bits per heavy atom. The molecule has 1 aliphatic heterocycles. The predicted molar refractivity (Wildman–Crippen MR) is 95.2 cm³/mol. The number of rotatable bonds is 4. The Balaban J connectivity index is 2.14. The first kappa shape index (κ1) is 20.6. The third-order valence-corrected chi connectivity index (χ3v) is 4.54. The quantitative estimate of drug-likeness (QED) is 0.313. The van der Waals surface area contributed by atoms with Gasteiger partial charge >= 0.3 is 5.97 Å². The molecule has 2 aromatic carbocycles. The second-order valence-corrected chi connectivity index (χ2v) is 6.52. The van der Waals surface area contributed by atoms with Crippen molar-refractivity contribution in [2.45, 2.75) is 31.0 Å². The number of carboxylic acid groups (broad SMARTS) is 1. The number of hydrogen-bond donors (Lipinski definition) is 7. The molecule has 11 nitrogen and oxygen atoms in total. The molecule has 0 aromatic heterocycles. The van der Waals surface area contributed by atoms with Crippen LogP contribution < -0.4 is 10.2 Å². The van der Waals surface area contributed by atoms with Crippen molar-refractivity contribution < 1.29 is 50.0 Å². The summed E-state index contributed by atoms with van der Waals surface area (Å²) in [6.07, 6.45) is -5.33. The Bertz CT molecular complexity index is 1020. The zero-order valence-electron chi connectivity index (χ0n) is 14.7. The summed E-state index contributed by atoms with van der Waals surface area (Å²) in [6.45, 7) is -0.476. The standard InChI is InChI=1S/C18H18O11/c19-5-8-4-10(21)14(23)18(28-8)29-11-3-6-1-7(17(26)27)2-9(20)13(22)12(6)16(25)15(11)24/h1-3,8,10,14,18-19,21,23-25H,4-5H2,(H,20,22)(H,26,27)/t8-,10-,14?,18-/m0/s1. The van der Waals surface area contributed by atoms with Crippen molar-refractivity contribution in [1.29, 1.82) is 0 Å². The number of ether oxygens (including phenoxy) is 2. The van der Waals surface area contributed by atoms with E-state index in [2.05, 4.69) is 0 Å². The average molecular weight is 410 g/mol. The first-order valence-corrected chi connectivity index (χ1v) is 8.42. The lowest BCUT2D eigenvalue weighted by atomic mass is 10.0. The van der Waals surface area contributed by atoms with Gasteiger partial charge in [-0.15, -0.1) is 0 Å². The van der Waals surface area contributed by atoms with Gasteiger partial charge in [0, 0.05) is 12.5 Å². The number of carbonyl (C=O) groups is 1. The number of aromatic carboxylic acids is 1. The van der Waals surface area contributed by atoms with Crippen molar-refractivity contribution in [1.82, 2.24) is 0 Å². The molecule has 0 bridgehead atoms. The van der Waals surface area contributed by atoms with E-state index < -0.39 is 76.6 Å². The number of aliphatic hydroxyl groups excluding tert-OH is 3. The van der Waals surface area contributed by atoms with Crippen LogP contribution in [0.2, 0.25) is 0 Å². The van der Waals surface area contributed by atoms with Crippen LogP contribution in [0.15, 0.2) is 23.0 Å². The maximum Gasteiger partial charge on any atom is 0.335 e. The maximum absolute atomic E-state index is 11.9. The number of hydrogen-bond acceptors (Lipinski definition) is 10. The van der Waals surface area contributed by atoms with E-state index in [4.69, 9.17) is 9.47 Å². The molecule has 4 atom stereocenters. The minimum absolute atomic E-state index is 0.0650. The summed E-state index contributed by atoms with van der Waals surface area (Å²) in [5, 5.41) is 68.1. The van der Waals surface area contributed by atoms with Crippen LogP contribution >= 0.6 is 0 Å². The van der Waals surface area contributed by atoms with Crippen molar-refractivity contribution in [3.8, 4) is 23.0 Å². The fraction of sp³-hybridized carbons (Fsp3) is 0.333. The summed E-state index contributed by atoms with van der Waals surface area (Å²) in [6, 6.07) is 2.63. The second kappa shape index (κ2) is 7.72. The van der Waals surface area contributed by atoms with E-state index in [-0.39, 0.29) is 11.8 Å². The molecule has 3 rings (SSSR count). The van der Waals surface area contributed by atoms with Crippen molar-refractivity contribution in [3.63, 3.8) is 0 Å². The Labute approximate surface area is 162 Å². The smallest absolute Gasteiger partial charge is 0.335 e. The molecule has 1 heterocycles. The topological polar surface area (TPSA) is 194 Å². The molecular weight excluding hydrogens is 392 g/mol. The van der Waals surface area contributed by atoms with Gasteiger partial charge in [-0.2, -0.15) is 0 Å². The van der Waals surface area contributed by atoms with Crippen molar-refractivity contribution in [2.75, 3.05) is 6.61 Å². The van der Waals surface area contributed by atoms with Crippen LogP contribution in [0.1, 0.15) is 16.8 Å². The summed E-state index contributed by atoms with van der Waals surface area (Å²) < 4.78 is 10.6. The highest BCUT2D eigenvalue weighted by Crippen LogP contribution is 2.45. The van der Waals surface area contributed by atoms with Gasteiger partial charge in [0.2, 0.25) is 17.5 Å². The zero-order valence-corrected chi connectivity index (χ0v) is 14.7. The lowest BCUT2D eigenvalue weighted by Gasteiger charge is -2.36. The molecule has 1 unspecified atom stereocenters. The number of benzene rings is 1. The minimum atomic E-state index is -1.56. The number of aliphatic hydroxyl groups is 3. The third kappa shape index (κ3) is 3.76. The van der Waals surface area contributed by atoms with Gasteiger partial charge in [0.25, 0.3) is 0 Å². The molecule has 7 N–H and O–H groups in total. The number of fused-ring (bicyclic) bond motifs is 1.